The van der Waals surface area contributed by atoms with Crippen molar-refractivity contribution >= 4 is 18.6 Å². The lowest BCUT2D eigenvalue weighted by atomic mass is 9.69. The fourth-order valence-electron chi connectivity index (χ4n) is 2.14. The van der Waals surface area contributed by atoms with Crippen LogP contribution in [0.4, 0.5) is 8.78 Å². The minimum atomic E-state index is -1.62. The number of allylic oxidation sites excluding steroid dienone is 1. The molecule has 0 unspecified atom stereocenters. The van der Waals surface area contributed by atoms with Crippen LogP contribution in [-0.4, -0.2) is 11.8 Å². The molecule has 104 valence electrons. The molecule has 2 nitrogen and oxygen atoms in total. The van der Waals surface area contributed by atoms with Crippen LogP contribution in [0.5, 0.6) is 0 Å². The quantitative estimate of drug-likeness (QED) is 0.597. The number of benzene rings is 1. The molecule has 2 rings (SSSR count). The Bertz CT molecular complexity index is 606. The van der Waals surface area contributed by atoms with E-state index in [1.54, 1.807) is 12.1 Å². The Balaban J connectivity index is 2.20. The smallest absolute Gasteiger partial charge is 0.270 e. The number of halogens is 2. The predicted molar refractivity (Wildman–Crippen MR) is 77.1 cm³/mol. The van der Waals surface area contributed by atoms with Crippen LogP contribution in [0.25, 0.3) is 5.57 Å². The van der Waals surface area contributed by atoms with Crippen LogP contribution in [0.2, 0.25) is 6.32 Å². The third kappa shape index (κ3) is 3.15. The summed E-state index contributed by atoms with van der Waals surface area (Å²) in [4.78, 5) is 0. The number of nitrogens with zero attached hydrogens (tertiary/aromatic N) is 2. The molecule has 0 aliphatic rings. The van der Waals surface area contributed by atoms with Gasteiger partial charge in [0.2, 0.25) is 0 Å². The Hall–Kier alpha value is -1.91. The first-order valence-electron chi connectivity index (χ1n) is 6.44. The molecule has 0 saturated carbocycles. The molecule has 0 bridgehead atoms. The van der Waals surface area contributed by atoms with Crippen molar-refractivity contribution in [1.82, 2.24) is 4.57 Å². The maximum Gasteiger partial charge on any atom is 0.270 e. The summed E-state index contributed by atoms with van der Waals surface area (Å²) < 4.78 is 30.1. The van der Waals surface area contributed by atoms with Gasteiger partial charge in [0.25, 0.3) is 6.08 Å². The largest absolute Gasteiger partial charge is 0.280 e. The van der Waals surface area contributed by atoms with Gasteiger partial charge in [0.1, 0.15) is 12.4 Å². The molecule has 20 heavy (non-hydrogen) atoms. The molecule has 0 aliphatic heterocycles. The van der Waals surface area contributed by atoms with Gasteiger partial charge in [-0.25, -0.2) is 0 Å². The Morgan fingerprint density at radius 3 is 2.40 bits per heavy atom. The van der Waals surface area contributed by atoms with Gasteiger partial charge in [0.15, 0.2) is 0 Å². The summed E-state index contributed by atoms with van der Waals surface area (Å²) in [5, 5.41) is 0. The van der Waals surface area contributed by atoms with Gasteiger partial charge in [0, 0.05) is 5.72 Å². The summed E-state index contributed by atoms with van der Waals surface area (Å²) in [5.41, 5.74) is 2.61. The molecule has 0 fully saturated rings. The first-order chi connectivity index (χ1) is 9.49. The molecule has 0 aliphatic carbocycles. The van der Waals surface area contributed by atoms with E-state index in [-0.39, 0.29) is 11.9 Å². The molecule has 2 radical (unpaired) electrons. The highest BCUT2D eigenvalue weighted by molar-refractivity contribution is 6.52. The van der Waals surface area contributed by atoms with Crippen molar-refractivity contribution in [2.24, 2.45) is 14.1 Å². The van der Waals surface area contributed by atoms with Gasteiger partial charge in [-0.15, -0.1) is 0 Å². The van der Waals surface area contributed by atoms with Crippen LogP contribution in [-0.2, 0) is 14.1 Å². The third-order valence-corrected chi connectivity index (χ3v) is 3.35. The second-order valence-corrected chi connectivity index (χ2v) is 4.89. The van der Waals surface area contributed by atoms with E-state index < -0.39 is 6.08 Å². The number of aromatic nitrogens is 2. The predicted octanol–water partition coefficient (Wildman–Crippen LogP) is 2.21. The molecule has 1 aromatic heterocycles. The van der Waals surface area contributed by atoms with Gasteiger partial charge in [0.05, 0.1) is 14.1 Å². The lowest BCUT2D eigenvalue weighted by molar-refractivity contribution is -0.653. The van der Waals surface area contributed by atoms with E-state index in [4.69, 9.17) is 0 Å². The lowest BCUT2D eigenvalue weighted by Crippen LogP contribution is -2.49. The summed E-state index contributed by atoms with van der Waals surface area (Å²) in [6, 6.07) is 7.17. The van der Waals surface area contributed by atoms with Crippen LogP contribution in [0.3, 0.4) is 0 Å². The molecule has 0 spiro atoms. The Labute approximate surface area is 118 Å². The highest BCUT2D eigenvalue weighted by Crippen LogP contribution is 2.24. The van der Waals surface area contributed by atoms with Crippen LogP contribution in [0, 0.1) is 6.92 Å². The van der Waals surface area contributed by atoms with Crippen molar-refractivity contribution in [2.75, 3.05) is 0 Å². The molecule has 0 amide bonds. The normalized spacial score (nSPS) is 10.7. The van der Waals surface area contributed by atoms with Gasteiger partial charge in [-0.1, -0.05) is 29.8 Å². The average Bonchev–Trinajstić information content (AvgIpc) is 2.72. The maximum absolute atomic E-state index is 13.2. The van der Waals surface area contributed by atoms with Crippen molar-refractivity contribution in [3.63, 3.8) is 0 Å². The Kier molecular flexibility index (Phi) is 4.37. The summed E-state index contributed by atoms with van der Waals surface area (Å²) in [6.07, 6.45) is 2.37. The Morgan fingerprint density at radius 2 is 1.90 bits per heavy atom. The number of hydrogen-bond acceptors (Lipinski definition) is 0. The maximum atomic E-state index is 13.2. The van der Waals surface area contributed by atoms with E-state index in [1.807, 2.05) is 62.0 Å². The van der Waals surface area contributed by atoms with Gasteiger partial charge >= 0.3 is 0 Å². The van der Waals surface area contributed by atoms with Crippen molar-refractivity contribution in [3.05, 3.63) is 53.9 Å². The summed E-state index contributed by atoms with van der Waals surface area (Å²) in [7, 11) is 5.61. The van der Waals surface area contributed by atoms with Gasteiger partial charge in [-0.3, -0.25) is 9.13 Å². The van der Waals surface area contributed by atoms with Crippen molar-refractivity contribution in [2.45, 2.75) is 13.2 Å². The molecular weight excluding hydrogens is 257 g/mol. The Morgan fingerprint density at radius 1 is 1.25 bits per heavy atom. The van der Waals surface area contributed by atoms with Crippen LogP contribution >= 0.6 is 0 Å². The van der Waals surface area contributed by atoms with Gasteiger partial charge in [-0.05, 0) is 18.1 Å². The van der Waals surface area contributed by atoms with E-state index in [0.717, 1.165) is 11.3 Å². The number of rotatable bonds is 4. The monoisotopic (exact) mass is 274 g/mol. The molecule has 0 atom stereocenters. The van der Waals surface area contributed by atoms with E-state index in [0.29, 0.717) is 5.56 Å². The van der Waals surface area contributed by atoms with E-state index in [9.17, 15) is 8.78 Å². The zero-order valence-electron chi connectivity index (χ0n) is 11.9. The molecule has 1 heterocycles. The first kappa shape index (κ1) is 14.5. The minimum absolute atomic E-state index is 0.0752. The van der Waals surface area contributed by atoms with Gasteiger partial charge < -0.3 is 0 Å². The number of hydrogen-bond donors (Lipinski definition) is 0. The fraction of sp³-hybridized carbons (Fsp3) is 0.267. The molecular formula is C15H17BF2N2. The molecule has 1 aromatic carbocycles. The van der Waals surface area contributed by atoms with Gasteiger partial charge in [-0.2, -0.15) is 22.4 Å². The standard InChI is InChI=1S/C15H17BF2N2/c1-11-4-6-12(7-5-11)13(14(17)18)10-16-15-19(2)8-9-20(15)3/h4-9H,10H2,1-3H3. The van der Waals surface area contributed by atoms with E-state index in [2.05, 4.69) is 0 Å². The molecule has 0 N–H and O–H groups in total. The van der Waals surface area contributed by atoms with Crippen molar-refractivity contribution in [3.8, 4) is 0 Å². The van der Waals surface area contributed by atoms with Crippen LogP contribution in [0.1, 0.15) is 11.1 Å². The highest BCUT2D eigenvalue weighted by Gasteiger charge is 2.07. The molecule has 2 aromatic rings. The second kappa shape index (κ2) is 6.03. The summed E-state index contributed by atoms with van der Waals surface area (Å²) >= 11 is 0. The van der Waals surface area contributed by atoms with E-state index >= 15 is 0 Å². The number of imidazole rings is 1. The molecule has 5 heteroatoms. The zero-order chi connectivity index (χ0) is 14.7. The summed E-state index contributed by atoms with van der Waals surface area (Å²) in [6.45, 7) is 1.94. The average molecular weight is 274 g/mol. The molecule has 0 saturated heterocycles. The van der Waals surface area contributed by atoms with E-state index in [1.165, 1.54) is 0 Å². The summed E-state index contributed by atoms with van der Waals surface area (Å²) in [5.74, 6) is 0. The minimum Gasteiger partial charge on any atom is -0.280 e. The van der Waals surface area contributed by atoms with Crippen molar-refractivity contribution in [1.29, 1.82) is 0 Å². The van der Waals surface area contributed by atoms with Crippen molar-refractivity contribution < 1.29 is 13.3 Å². The lowest BCUT2D eigenvalue weighted by Gasteiger charge is -2.15. The third-order valence-electron chi connectivity index (χ3n) is 3.35. The number of aryl methyl sites for hydroxylation is 3. The highest BCUT2D eigenvalue weighted by atomic mass is 19.3. The topological polar surface area (TPSA) is 8.81 Å². The van der Waals surface area contributed by atoms with Crippen LogP contribution in [0.15, 0.2) is 42.7 Å². The zero-order valence-corrected chi connectivity index (χ0v) is 11.9. The fourth-order valence-corrected chi connectivity index (χ4v) is 2.14. The van der Waals surface area contributed by atoms with Crippen LogP contribution < -0.4 is 10.3 Å². The SMILES string of the molecule is Cc1ccc(C(C[B-]c2n(C)cc[n+]2C)=C(F)F)cc1. The first-order valence-corrected chi connectivity index (χ1v) is 6.44. The second-order valence-electron chi connectivity index (χ2n) is 4.89.